The van der Waals surface area contributed by atoms with Crippen LogP contribution in [0.5, 0.6) is 0 Å². The molecular weight excluding hydrogens is 453 g/mol. The highest BCUT2D eigenvalue weighted by atomic mass is 19.4. The third-order valence-electron chi connectivity index (χ3n) is 6.17. The number of pyridine rings is 1. The van der Waals surface area contributed by atoms with Gasteiger partial charge in [0, 0.05) is 42.6 Å². The average molecular weight is 477 g/mol. The summed E-state index contributed by atoms with van der Waals surface area (Å²) in [5, 5.41) is 6.45. The molecule has 0 radical (unpaired) electrons. The number of urea groups is 1. The van der Waals surface area contributed by atoms with E-state index in [9.17, 15) is 18.0 Å². The van der Waals surface area contributed by atoms with Crippen LogP contribution in [0.15, 0.2) is 79.0 Å². The van der Waals surface area contributed by atoms with E-state index < -0.39 is 17.8 Å². The number of carbonyl (C=O) groups excluding carboxylic acids is 1. The molecule has 1 aliphatic rings. The number of fused-ring (bicyclic) bond motifs is 2. The number of alkyl halides is 3. The van der Waals surface area contributed by atoms with Crippen molar-refractivity contribution >= 4 is 28.3 Å². The largest absolute Gasteiger partial charge is 0.416 e. The first kappa shape index (κ1) is 22.9. The van der Waals surface area contributed by atoms with Crippen LogP contribution in [0, 0.1) is 0 Å². The van der Waals surface area contributed by atoms with Crippen LogP contribution in [0.3, 0.4) is 0 Å². The highest BCUT2D eigenvalue weighted by molar-refractivity contribution is 6.00. The minimum Gasteiger partial charge on any atom is -0.308 e. The molecule has 5 rings (SSSR count). The van der Waals surface area contributed by atoms with Gasteiger partial charge in [0.1, 0.15) is 0 Å². The maximum atomic E-state index is 13.0. The first-order chi connectivity index (χ1) is 16.9. The number of benzene rings is 3. The van der Waals surface area contributed by atoms with E-state index in [0.29, 0.717) is 5.69 Å². The summed E-state index contributed by atoms with van der Waals surface area (Å²) < 4.78 is 38.9. The molecule has 1 aromatic heterocycles. The standard InChI is InChI=1S/C27H23F3N4O/c28-27(29,30)20-6-4-7-21(15-20)32-26(35)33-25-10-3-5-18-16-34(14-12-23(18)25)17-19-11-13-31-24-9-2-1-8-22(19)24/h1-11,13,15H,12,14,16-17H2,(H2,32,33,35). The molecule has 2 heterocycles. The summed E-state index contributed by atoms with van der Waals surface area (Å²) in [4.78, 5) is 19.3. The van der Waals surface area contributed by atoms with Crippen LogP contribution in [0.4, 0.5) is 29.3 Å². The zero-order chi connectivity index (χ0) is 24.4. The van der Waals surface area contributed by atoms with Crippen LogP contribution in [-0.2, 0) is 25.7 Å². The quantitative estimate of drug-likeness (QED) is 0.356. The number of amides is 2. The fourth-order valence-corrected chi connectivity index (χ4v) is 4.51. The van der Waals surface area contributed by atoms with Gasteiger partial charge >= 0.3 is 12.2 Å². The van der Waals surface area contributed by atoms with Gasteiger partial charge in [-0.15, -0.1) is 0 Å². The molecule has 1 aliphatic heterocycles. The van der Waals surface area contributed by atoms with E-state index in [1.807, 2.05) is 48.7 Å². The Morgan fingerprint density at radius 1 is 0.971 bits per heavy atom. The summed E-state index contributed by atoms with van der Waals surface area (Å²) >= 11 is 0. The van der Waals surface area contributed by atoms with Gasteiger partial charge in [-0.3, -0.25) is 9.88 Å². The molecule has 0 bridgehead atoms. The van der Waals surface area contributed by atoms with E-state index in [2.05, 4.69) is 26.6 Å². The summed E-state index contributed by atoms with van der Waals surface area (Å²) in [5.74, 6) is 0. The Bertz CT molecular complexity index is 1380. The lowest BCUT2D eigenvalue weighted by molar-refractivity contribution is -0.137. The van der Waals surface area contributed by atoms with Crippen LogP contribution in [0.2, 0.25) is 0 Å². The summed E-state index contributed by atoms with van der Waals surface area (Å²) in [6.07, 6.45) is -1.89. The van der Waals surface area contributed by atoms with E-state index in [4.69, 9.17) is 0 Å². The van der Waals surface area contributed by atoms with E-state index in [0.717, 1.165) is 60.2 Å². The zero-order valence-corrected chi connectivity index (χ0v) is 18.8. The van der Waals surface area contributed by atoms with Gasteiger partial charge in [-0.05, 0) is 59.5 Å². The monoisotopic (exact) mass is 476 g/mol. The summed E-state index contributed by atoms with van der Waals surface area (Å²) in [5.41, 5.74) is 4.29. The van der Waals surface area contributed by atoms with Crippen molar-refractivity contribution < 1.29 is 18.0 Å². The van der Waals surface area contributed by atoms with Crippen molar-refractivity contribution in [3.8, 4) is 0 Å². The lowest BCUT2D eigenvalue weighted by atomic mass is 9.97. The molecular formula is C27H23F3N4O. The second kappa shape index (κ2) is 9.38. The summed E-state index contributed by atoms with van der Waals surface area (Å²) in [6, 6.07) is 19.9. The number of carbonyl (C=O) groups is 1. The van der Waals surface area contributed by atoms with Crippen molar-refractivity contribution in [3.05, 3.63) is 101 Å². The van der Waals surface area contributed by atoms with E-state index >= 15 is 0 Å². The molecule has 0 atom stereocenters. The molecule has 0 saturated heterocycles. The smallest absolute Gasteiger partial charge is 0.308 e. The van der Waals surface area contributed by atoms with Gasteiger partial charge in [0.25, 0.3) is 0 Å². The number of hydrogen-bond donors (Lipinski definition) is 2. The maximum absolute atomic E-state index is 13.0. The van der Waals surface area contributed by atoms with Gasteiger partial charge < -0.3 is 10.6 Å². The summed E-state index contributed by atoms with van der Waals surface area (Å²) in [6.45, 7) is 2.34. The van der Waals surface area contributed by atoms with Crippen molar-refractivity contribution in [1.29, 1.82) is 0 Å². The van der Waals surface area contributed by atoms with Gasteiger partial charge in [-0.25, -0.2) is 4.79 Å². The molecule has 2 N–H and O–H groups in total. The first-order valence-electron chi connectivity index (χ1n) is 11.3. The van der Waals surface area contributed by atoms with Crippen LogP contribution in [0.25, 0.3) is 10.9 Å². The SMILES string of the molecule is O=C(Nc1cccc(C(F)(F)F)c1)Nc1cccc2c1CCN(Cc1ccnc3ccccc13)C2. The Kier molecular flexibility index (Phi) is 6.13. The van der Waals surface area contributed by atoms with Gasteiger partial charge in [0.2, 0.25) is 0 Å². The Labute approximate surface area is 200 Å². The van der Waals surface area contributed by atoms with Crippen molar-refractivity contribution in [2.45, 2.75) is 25.7 Å². The lowest BCUT2D eigenvalue weighted by Gasteiger charge is -2.30. The molecule has 0 unspecified atom stereocenters. The first-order valence-corrected chi connectivity index (χ1v) is 11.3. The van der Waals surface area contributed by atoms with Crippen molar-refractivity contribution in [2.75, 3.05) is 17.2 Å². The van der Waals surface area contributed by atoms with E-state index in [-0.39, 0.29) is 5.69 Å². The second-order valence-electron chi connectivity index (χ2n) is 8.55. The van der Waals surface area contributed by atoms with Crippen molar-refractivity contribution in [1.82, 2.24) is 9.88 Å². The number of nitrogens with zero attached hydrogens (tertiary/aromatic N) is 2. The molecule has 0 saturated carbocycles. The number of nitrogens with one attached hydrogen (secondary N) is 2. The molecule has 0 spiro atoms. The minimum atomic E-state index is -4.47. The molecule has 8 heteroatoms. The van der Waals surface area contributed by atoms with Crippen LogP contribution in [-0.4, -0.2) is 22.5 Å². The number of aromatic nitrogens is 1. The number of halogens is 3. The predicted octanol–water partition coefficient (Wildman–Crippen LogP) is 6.46. The number of hydrogen-bond acceptors (Lipinski definition) is 3. The molecule has 3 aromatic carbocycles. The van der Waals surface area contributed by atoms with Gasteiger partial charge in [0.05, 0.1) is 11.1 Å². The second-order valence-corrected chi connectivity index (χ2v) is 8.55. The van der Waals surface area contributed by atoms with Crippen LogP contribution in [0.1, 0.15) is 22.3 Å². The minimum absolute atomic E-state index is 0.0814. The number of para-hydroxylation sites is 1. The van der Waals surface area contributed by atoms with E-state index in [1.165, 1.54) is 17.7 Å². The Morgan fingerprint density at radius 3 is 2.66 bits per heavy atom. The van der Waals surface area contributed by atoms with Gasteiger partial charge in [-0.1, -0.05) is 36.4 Å². The topological polar surface area (TPSA) is 57.3 Å². The van der Waals surface area contributed by atoms with Gasteiger partial charge in [0.15, 0.2) is 0 Å². The number of anilines is 2. The molecule has 0 aliphatic carbocycles. The lowest BCUT2D eigenvalue weighted by Crippen LogP contribution is -2.31. The molecule has 5 nitrogen and oxygen atoms in total. The Balaban J connectivity index is 1.28. The Morgan fingerprint density at radius 2 is 1.80 bits per heavy atom. The average Bonchev–Trinajstić information content (AvgIpc) is 2.84. The summed E-state index contributed by atoms with van der Waals surface area (Å²) in [7, 11) is 0. The zero-order valence-electron chi connectivity index (χ0n) is 18.8. The van der Waals surface area contributed by atoms with Gasteiger partial charge in [-0.2, -0.15) is 13.2 Å². The normalized spacial score (nSPS) is 13.9. The molecule has 0 fully saturated rings. The molecule has 35 heavy (non-hydrogen) atoms. The molecule has 178 valence electrons. The Hall–Kier alpha value is -3.91. The third kappa shape index (κ3) is 5.12. The number of rotatable bonds is 4. The fourth-order valence-electron chi connectivity index (χ4n) is 4.51. The molecule has 4 aromatic rings. The van der Waals surface area contributed by atoms with Crippen LogP contribution < -0.4 is 10.6 Å². The molecule has 2 amide bonds. The maximum Gasteiger partial charge on any atom is 0.416 e. The van der Waals surface area contributed by atoms with Crippen molar-refractivity contribution in [3.63, 3.8) is 0 Å². The fraction of sp³-hybridized carbons (Fsp3) is 0.185. The predicted molar refractivity (Wildman–Crippen MR) is 130 cm³/mol. The van der Waals surface area contributed by atoms with Crippen LogP contribution >= 0.6 is 0 Å². The van der Waals surface area contributed by atoms with E-state index in [1.54, 1.807) is 0 Å². The third-order valence-corrected chi connectivity index (χ3v) is 6.17. The highest BCUT2D eigenvalue weighted by Gasteiger charge is 2.30. The highest BCUT2D eigenvalue weighted by Crippen LogP contribution is 2.31. The van der Waals surface area contributed by atoms with Crippen molar-refractivity contribution in [2.24, 2.45) is 0 Å².